The van der Waals surface area contributed by atoms with Crippen LogP contribution >= 0.6 is 22.9 Å². The molecule has 1 N–H and O–H groups in total. The molecule has 2 heterocycles. The first kappa shape index (κ1) is 20.8. The largest absolute Gasteiger partial charge is 0.351 e. The Balaban J connectivity index is 1.81. The van der Waals surface area contributed by atoms with Crippen molar-refractivity contribution in [3.05, 3.63) is 52.7 Å². The highest BCUT2D eigenvalue weighted by Gasteiger charge is 2.41. The zero-order chi connectivity index (χ0) is 20.1. The fourth-order valence-electron chi connectivity index (χ4n) is 3.02. The van der Waals surface area contributed by atoms with Crippen molar-refractivity contribution in [1.82, 2.24) is 14.5 Å². The summed E-state index contributed by atoms with van der Waals surface area (Å²) in [6.07, 6.45) is 0. The average Bonchev–Trinajstić information content (AvgIpc) is 3.27. The quantitative estimate of drug-likeness (QED) is 0.688. The van der Waals surface area contributed by atoms with Gasteiger partial charge in [0.2, 0.25) is 21.8 Å². The molecule has 1 saturated heterocycles. The molecule has 1 fully saturated rings. The summed E-state index contributed by atoms with van der Waals surface area (Å²) in [5, 5.41) is 5.98. The van der Waals surface area contributed by atoms with Gasteiger partial charge in [-0.3, -0.25) is 9.59 Å². The lowest BCUT2D eigenvalue weighted by Gasteiger charge is -2.39. The predicted molar refractivity (Wildman–Crippen MR) is 108 cm³/mol. The number of nitrogens with one attached hydrogen (secondary N) is 1. The number of rotatable bonds is 6. The number of sulfonamides is 1. The standard InChI is InChI=1S/C18H20ClN3O4S2/c19-10-17(23)21-7-8-22(28(25,26)15-6-9-27-13-15)16(12-21)18(24)20-11-14-4-2-1-3-5-14/h1-6,9,13,16H,7-8,10-12H2,(H,20,24)/t16-/m0/s1. The molecule has 7 nitrogen and oxygen atoms in total. The van der Waals surface area contributed by atoms with Crippen LogP contribution in [0.25, 0.3) is 0 Å². The lowest BCUT2D eigenvalue weighted by Crippen LogP contribution is -2.61. The molecule has 0 aliphatic carbocycles. The number of amides is 2. The molecule has 1 atom stereocenters. The molecule has 1 aromatic carbocycles. The summed E-state index contributed by atoms with van der Waals surface area (Å²) in [6, 6.07) is 9.81. The van der Waals surface area contributed by atoms with Crippen LogP contribution in [0.2, 0.25) is 0 Å². The number of carbonyl (C=O) groups excluding carboxylic acids is 2. The third-order valence-electron chi connectivity index (χ3n) is 4.51. The van der Waals surface area contributed by atoms with Gasteiger partial charge >= 0.3 is 0 Å². The molecule has 3 rings (SSSR count). The van der Waals surface area contributed by atoms with Gasteiger partial charge in [0.05, 0.1) is 4.90 Å². The van der Waals surface area contributed by atoms with E-state index in [1.54, 1.807) is 5.38 Å². The Labute approximate surface area is 172 Å². The summed E-state index contributed by atoms with van der Waals surface area (Å²) in [5.41, 5.74) is 0.896. The molecule has 10 heteroatoms. The molecule has 2 aromatic rings. The van der Waals surface area contributed by atoms with E-state index in [0.717, 1.165) is 5.56 Å². The molecule has 0 spiro atoms. The van der Waals surface area contributed by atoms with Crippen LogP contribution in [-0.4, -0.2) is 61.0 Å². The van der Waals surface area contributed by atoms with Crippen molar-refractivity contribution >= 4 is 44.8 Å². The smallest absolute Gasteiger partial charge is 0.244 e. The average molecular weight is 442 g/mol. The first-order valence-corrected chi connectivity index (χ1v) is 11.5. The number of hydrogen-bond donors (Lipinski definition) is 1. The van der Waals surface area contributed by atoms with Crippen molar-refractivity contribution in [2.24, 2.45) is 0 Å². The van der Waals surface area contributed by atoms with Gasteiger partial charge < -0.3 is 10.2 Å². The monoisotopic (exact) mass is 441 g/mol. The van der Waals surface area contributed by atoms with E-state index >= 15 is 0 Å². The Kier molecular flexibility index (Phi) is 6.71. The first-order valence-electron chi connectivity index (χ1n) is 8.63. The van der Waals surface area contributed by atoms with Gasteiger partial charge in [0, 0.05) is 31.6 Å². The van der Waals surface area contributed by atoms with Crippen LogP contribution in [0.15, 0.2) is 52.1 Å². The summed E-state index contributed by atoms with van der Waals surface area (Å²) in [6.45, 7) is 0.461. The molecular weight excluding hydrogens is 422 g/mol. The molecular formula is C18H20ClN3O4S2. The number of thiophene rings is 1. The van der Waals surface area contributed by atoms with E-state index in [0.29, 0.717) is 0 Å². The molecule has 1 aliphatic heterocycles. The van der Waals surface area contributed by atoms with Gasteiger partial charge in [0.15, 0.2) is 0 Å². The zero-order valence-corrected chi connectivity index (χ0v) is 17.3. The van der Waals surface area contributed by atoms with Crippen LogP contribution in [0.3, 0.4) is 0 Å². The second-order valence-corrected chi connectivity index (χ2v) is 9.21. The van der Waals surface area contributed by atoms with Crippen molar-refractivity contribution < 1.29 is 18.0 Å². The number of hydrogen-bond acceptors (Lipinski definition) is 5. The maximum absolute atomic E-state index is 13.0. The molecule has 2 amide bonds. The van der Waals surface area contributed by atoms with Crippen molar-refractivity contribution in [1.29, 1.82) is 0 Å². The number of alkyl halides is 1. The molecule has 28 heavy (non-hydrogen) atoms. The number of halogens is 1. The predicted octanol–water partition coefficient (Wildman–Crippen LogP) is 1.50. The van der Waals surface area contributed by atoms with Crippen LogP contribution < -0.4 is 5.32 Å². The van der Waals surface area contributed by atoms with Gasteiger partial charge in [-0.1, -0.05) is 30.3 Å². The second-order valence-electron chi connectivity index (χ2n) is 6.27. The van der Waals surface area contributed by atoms with Crippen molar-refractivity contribution in [3.8, 4) is 0 Å². The van der Waals surface area contributed by atoms with E-state index in [2.05, 4.69) is 5.32 Å². The highest BCUT2D eigenvalue weighted by molar-refractivity contribution is 7.89. The third-order valence-corrected chi connectivity index (χ3v) is 7.48. The normalized spacial score (nSPS) is 18.0. The summed E-state index contributed by atoms with van der Waals surface area (Å²) in [4.78, 5) is 26.4. The summed E-state index contributed by atoms with van der Waals surface area (Å²) in [5.74, 6) is -0.986. The van der Waals surface area contributed by atoms with E-state index < -0.39 is 22.0 Å². The second kappa shape index (κ2) is 9.04. The molecule has 0 bridgehead atoms. The lowest BCUT2D eigenvalue weighted by atomic mass is 10.1. The third kappa shape index (κ3) is 4.54. The number of benzene rings is 1. The molecule has 0 saturated carbocycles. The topological polar surface area (TPSA) is 86.8 Å². The Morgan fingerprint density at radius 2 is 1.93 bits per heavy atom. The van der Waals surface area contributed by atoms with E-state index in [1.807, 2.05) is 30.3 Å². The molecule has 150 valence electrons. The number of carbonyl (C=O) groups is 2. The van der Waals surface area contributed by atoms with Crippen LogP contribution in [0, 0.1) is 0 Å². The lowest BCUT2D eigenvalue weighted by molar-refractivity contribution is -0.134. The van der Waals surface area contributed by atoms with Crippen molar-refractivity contribution in [2.45, 2.75) is 17.5 Å². The van der Waals surface area contributed by atoms with E-state index in [4.69, 9.17) is 11.6 Å². The van der Waals surface area contributed by atoms with E-state index in [-0.39, 0.29) is 42.9 Å². The minimum Gasteiger partial charge on any atom is -0.351 e. The Morgan fingerprint density at radius 1 is 1.18 bits per heavy atom. The van der Waals surface area contributed by atoms with E-state index in [9.17, 15) is 18.0 Å². The molecule has 0 unspecified atom stereocenters. The number of nitrogens with zero attached hydrogens (tertiary/aromatic N) is 2. The number of piperazine rings is 1. The fraction of sp³-hybridized carbons (Fsp3) is 0.333. The SMILES string of the molecule is O=C(NCc1ccccc1)[C@@H]1CN(C(=O)CCl)CCN1S(=O)(=O)c1ccsc1. The Hall–Kier alpha value is -1.94. The summed E-state index contributed by atoms with van der Waals surface area (Å²) < 4.78 is 27.2. The van der Waals surface area contributed by atoms with Gasteiger partial charge in [-0.2, -0.15) is 15.6 Å². The fourth-order valence-corrected chi connectivity index (χ4v) is 5.77. The minimum atomic E-state index is -3.84. The maximum Gasteiger partial charge on any atom is 0.244 e. The molecule has 0 radical (unpaired) electrons. The van der Waals surface area contributed by atoms with Crippen LogP contribution in [0.1, 0.15) is 5.56 Å². The molecule has 1 aliphatic rings. The van der Waals surface area contributed by atoms with Gasteiger partial charge in [-0.05, 0) is 17.0 Å². The van der Waals surface area contributed by atoms with Crippen LogP contribution in [0.4, 0.5) is 0 Å². The van der Waals surface area contributed by atoms with Gasteiger partial charge in [-0.25, -0.2) is 8.42 Å². The first-order chi connectivity index (χ1) is 13.4. The zero-order valence-electron chi connectivity index (χ0n) is 15.0. The summed E-state index contributed by atoms with van der Waals surface area (Å²) in [7, 11) is -3.84. The van der Waals surface area contributed by atoms with Crippen molar-refractivity contribution in [2.75, 3.05) is 25.5 Å². The molecule has 1 aromatic heterocycles. The minimum absolute atomic E-state index is 0.0320. The highest BCUT2D eigenvalue weighted by atomic mass is 35.5. The Morgan fingerprint density at radius 3 is 2.57 bits per heavy atom. The Bertz CT molecular complexity index is 920. The maximum atomic E-state index is 13.0. The highest BCUT2D eigenvalue weighted by Crippen LogP contribution is 2.23. The van der Waals surface area contributed by atoms with Gasteiger partial charge in [0.1, 0.15) is 11.9 Å². The van der Waals surface area contributed by atoms with Gasteiger partial charge in [0.25, 0.3) is 0 Å². The van der Waals surface area contributed by atoms with E-state index in [1.165, 1.54) is 32.0 Å². The van der Waals surface area contributed by atoms with Crippen molar-refractivity contribution in [3.63, 3.8) is 0 Å². The van der Waals surface area contributed by atoms with Crippen LogP contribution in [0.5, 0.6) is 0 Å². The van der Waals surface area contributed by atoms with Crippen LogP contribution in [-0.2, 0) is 26.2 Å². The summed E-state index contributed by atoms with van der Waals surface area (Å²) >= 11 is 6.91. The van der Waals surface area contributed by atoms with Gasteiger partial charge in [-0.15, -0.1) is 11.6 Å².